The molecule has 0 bridgehead atoms. The van der Waals surface area contributed by atoms with Gasteiger partial charge < -0.3 is 0 Å². The van der Waals surface area contributed by atoms with E-state index in [9.17, 15) is 0 Å². The Hall–Kier alpha value is -1.98. The van der Waals surface area contributed by atoms with Crippen LogP contribution in [0.15, 0.2) is 85.1 Å². The fourth-order valence-electron chi connectivity index (χ4n) is 2.05. The fourth-order valence-corrected chi connectivity index (χ4v) is 4.24. The predicted octanol–water partition coefficient (Wildman–Crippen LogP) is 3.48. The lowest BCUT2D eigenvalue weighted by Crippen LogP contribution is -2.22. The van der Waals surface area contributed by atoms with Gasteiger partial charge in [0, 0.05) is 14.1 Å². The molecule has 20 heavy (non-hydrogen) atoms. The van der Waals surface area contributed by atoms with Gasteiger partial charge in [-0.2, -0.15) is 0 Å². The second-order valence-electron chi connectivity index (χ2n) is 4.19. The van der Waals surface area contributed by atoms with E-state index in [1.807, 2.05) is 12.3 Å². The maximum Gasteiger partial charge on any atom is 0.0720 e. The summed E-state index contributed by atoms with van der Waals surface area (Å²) in [5, 5.41) is 2.67. The SMILES string of the molecule is C.c1ccc(P(c2ccccc2)c2ccccn2)cc1. The van der Waals surface area contributed by atoms with Crippen molar-refractivity contribution in [1.29, 1.82) is 0 Å². The number of pyridine rings is 1. The van der Waals surface area contributed by atoms with Gasteiger partial charge >= 0.3 is 0 Å². The first-order valence-electron chi connectivity index (χ1n) is 6.26. The molecule has 1 aromatic heterocycles. The third-order valence-electron chi connectivity index (χ3n) is 2.91. The summed E-state index contributed by atoms with van der Waals surface area (Å²) in [5.74, 6) is 0. The number of hydrogen-bond acceptors (Lipinski definition) is 1. The summed E-state index contributed by atoms with van der Waals surface area (Å²) >= 11 is 0. The van der Waals surface area contributed by atoms with E-state index in [0.29, 0.717) is 0 Å². The van der Waals surface area contributed by atoms with Crippen molar-refractivity contribution in [3.63, 3.8) is 0 Å². The van der Waals surface area contributed by atoms with E-state index < -0.39 is 7.92 Å². The van der Waals surface area contributed by atoms with Crippen LogP contribution in [0.4, 0.5) is 0 Å². The van der Waals surface area contributed by atoms with Crippen molar-refractivity contribution >= 4 is 24.0 Å². The molecule has 0 fully saturated rings. The Labute approximate surface area is 122 Å². The van der Waals surface area contributed by atoms with Crippen LogP contribution in [0.2, 0.25) is 0 Å². The summed E-state index contributed by atoms with van der Waals surface area (Å²) in [5.41, 5.74) is 1.15. The molecule has 0 spiro atoms. The predicted molar refractivity (Wildman–Crippen MR) is 89.7 cm³/mol. The van der Waals surface area contributed by atoms with Crippen LogP contribution in [0.3, 0.4) is 0 Å². The standard InChI is InChI=1S/C17H14NP.CH4/c1-3-9-15(10-4-1)19(16-11-5-2-6-12-16)17-13-7-8-14-18-17;/h1-14H;1H4. The number of benzene rings is 2. The van der Waals surface area contributed by atoms with Crippen molar-refractivity contribution in [3.8, 4) is 0 Å². The van der Waals surface area contributed by atoms with Crippen LogP contribution < -0.4 is 16.0 Å². The van der Waals surface area contributed by atoms with Gasteiger partial charge in [-0.05, 0) is 22.7 Å². The summed E-state index contributed by atoms with van der Waals surface area (Å²) in [4.78, 5) is 4.56. The molecule has 100 valence electrons. The van der Waals surface area contributed by atoms with Crippen molar-refractivity contribution in [2.45, 2.75) is 7.43 Å². The number of aromatic nitrogens is 1. The zero-order valence-electron chi connectivity index (χ0n) is 10.5. The van der Waals surface area contributed by atoms with Crippen molar-refractivity contribution < 1.29 is 0 Å². The Bertz CT molecular complexity index is 529. The first kappa shape index (κ1) is 14.4. The zero-order valence-corrected chi connectivity index (χ0v) is 11.4. The van der Waals surface area contributed by atoms with Crippen LogP contribution in [0.5, 0.6) is 0 Å². The average Bonchev–Trinajstić information content (AvgIpc) is 2.51. The molecule has 3 rings (SSSR count). The molecule has 1 heterocycles. The maximum absolute atomic E-state index is 4.56. The molecule has 0 N–H and O–H groups in total. The van der Waals surface area contributed by atoms with Crippen molar-refractivity contribution in [1.82, 2.24) is 4.98 Å². The molecular weight excluding hydrogens is 261 g/mol. The van der Waals surface area contributed by atoms with Gasteiger partial charge in [-0.15, -0.1) is 0 Å². The lowest BCUT2D eigenvalue weighted by atomic mass is 10.4. The van der Waals surface area contributed by atoms with E-state index in [-0.39, 0.29) is 7.43 Å². The molecule has 2 heteroatoms. The smallest absolute Gasteiger partial charge is 0.0720 e. The lowest BCUT2D eigenvalue weighted by molar-refractivity contribution is 1.39. The maximum atomic E-state index is 4.56. The van der Waals surface area contributed by atoms with Crippen LogP contribution in [0.25, 0.3) is 0 Å². The summed E-state index contributed by atoms with van der Waals surface area (Å²) < 4.78 is 0. The van der Waals surface area contributed by atoms with Gasteiger partial charge in [0.1, 0.15) is 0 Å². The molecule has 0 amide bonds. The average molecular weight is 279 g/mol. The van der Waals surface area contributed by atoms with E-state index >= 15 is 0 Å². The van der Waals surface area contributed by atoms with E-state index in [0.717, 1.165) is 5.44 Å². The van der Waals surface area contributed by atoms with E-state index in [1.165, 1.54) is 10.6 Å². The summed E-state index contributed by atoms with van der Waals surface area (Å²) in [6, 6.07) is 27.4. The molecule has 0 aliphatic heterocycles. The third-order valence-corrected chi connectivity index (χ3v) is 5.26. The Kier molecular flexibility index (Phi) is 5.03. The molecule has 0 saturated heterocycles. The molecule has 0 radical (unpaired) electrons. The highest BCUT2D eigenvalue weighted by Crippen LogP contribution is 2.31. The highest BCUT2D eigenvalue weighted by molar-refractivity contribution is 7.79. The molecule has 2 aromatic carbocycles. The van der Waals surface area contributed by atoms with Gasteiger partial charge in [-0.1, -0.05) is 74.2 Å². The summed E-state index contributed by atoms with van der Waals surface area (Å²) in [6.07, 6.45) is 1.87. The fraction of sp³-hybridized carbons (Fsp3) is 0.0556. The number of nitrogens with zero attached hydrogens (tertiary/aromatic N) is 1. The second kappa shape index (κ2) is 6.98. The Morgan fingerprint density at radius 1 is 0.600 bits per heavy atom. The first-order chi connectivity index (χ1) is 9.45. The van der Waals surface area contributed by atoms with E-state index in [2.05, 4.69) is 77.8 Å². The van der Waals surface area contributed by atoms with Gasteiger partial charge in [0.05, 0.1) is 5.44 Å². The minimum absolute atomic E-state index is 0. The van der Waals surface area contributed by atoms with Crippen molar-refractivity contribution in [2.24, 2.45) is 0 Å². The van der Waals surface area contributed by atoms with Gasteiger partial charge in [-0.25, -0.2) is 0 Å². The van der Waals surface area contributed by atoms with Crippen LogP contribution >= 0.6 is 7.92 Å². The Balaban J connectivity index is 0.00000147. The van der Waals surface area contributed by atoms with E-state index in [4.69, 9.17) is 0 Å². The monoisotopic (exact) mass is 279 g/mol. The Morgan fingerprint density at radius 3 is 1.55 bits per heavy atom. The summed E-state index contributed by atoms with van der Waals surface area (Å²) in [6.45, 7) is 0. The molecule has 0 saturated carbocycles. The molecule has 0 aliphatic carbocycles. The topological polar surface area (TPSA) is 12.9 Å². The normalized spacial score (nSPS) is 10.1. The lowest BCUT2D eigenvalue weighted by Gasteiger charge is -2.17. The van der Waals surface area contributed by atoms with Crippen molar-refractivity contribution in [2.75, 3.05) is 0 Å². The quantitative estimate of drug-likeness (QED) is 0.669. The van der Waals surface area contributed by atoms with Crippen LogP contribution in [0, 0.1) is 0 Å². The van der Waals surface area contributed by atoms with E-state index in [1.54, 1.807) is 0 Å². The Morgan fingerprint density at radius 2 is 1.10 bits per heavy atom. The van der Waals surface area contributed by atoms with Crippen LogP contribution in [-0.2, 0) is 0 Å². The molecular formula is C18H18NP. The molecule has 0 unspecified atom stereocenters. The zero-order chi connectivity index (χ0) is 12.9. The van der Waals surface area contributed by atoms with Gasteiger partial charge in [0.2, 0.25) is 0 Å². The van der Waals surface area contributed by atoms with Crippen LogP contribution in [-0.4, -0.2) is 4.98 Å². The minimum atomic E-state index is -0.557. The van der Waals surface area contributed by atoms with Gasteiger partial charge in [-0.3, -0.25) is 4.98 Å². The molecule has 1 nitrogen and oxygen atoms in total. The highest BCUT2D eigenvalue weighted by Gasteiger charge is 2.16. The first-order valence-corrected chi connectivity index (χ1v) is 7.60. The summed E-state index contributed by atoms with van der Waals surface area (Å²) in [7, 11) is -0.557. The molecule has 0 atom stereocenters. The highest BCUT2D eigenvalue weighted by atomic mass is 31.1. The largest absolute Gasteiger partial charge is 0.256 e. The molecule has 0 aliphatic rings. The van der Waals surface area contributed by atoms with Crippen LogP contribution in [0.1, 0.15) is 7.43 Å². The minimum Gasteiger partial charge on any atom is -0.256 e. The molecule has 3 aromatic rings. The number of rotatable bonds is 3. The van der Waals surface area contributed by atoms with Crippen molar-refractivity contribution in [3.05, 3.63) is 85.1 Å². The van der Waals surface area contributed by atoms with Gasteiger partial charge in [0.15, 0.2) is 0 Å². The second-order valence-corrected chi connectivity index (χ2v) is 6.36. The van der Waals surface area contributed by atoms with Gasteiger partial charge in [0.25, 0.3) is 0 Å². The number of hydrogen-bond donors (Lipinski definition) is 0. The third kappa shape index (κ3) is 3.12.